The second-order valence-corrected chi connectivity index (χ2v) is 7.98. The summed E-state index contributed by atoms with van der Waals surface area (Å²) in [5.41, 5.74) is 1.90. The Bertz CT molecular complexity index is 621. The number of hydrogen-bond acceptors (Lipinski definition) is 2. The predicted molar refractivity (Wildman–Crippen MR) is 118 cm³/mol. The molecule has 5 heteroatoms. The lowest BCUT2D eigenvalue weighted by atomic mass is 10.0. The fourth-order valence-corrected chi connectivity index (χ4v) is 3.82. The number of carbonyl (C=O) groups excluding carboxylic acids is 1. The van der Waals surface area contributed by atoms with Crippen LogP contribution < -0.4 is 10.6 Å². The van der Waals surface area contributed by atoms with Crippen LogP contribution in [0.1, 0.15) is 67.8 Å². The minimum atomic E-state index is 0.0438. The summed E-state index contributed by atoms with van der Waals surface area (Å²) in [4.78, 5) is 18.4. The largest absolute Gasteiger partial charge is 0.357 e. The van der Waals surface area contributed by atoms with Crippen molar-refractivity contribution in [2.75, 3.05) is 33.7 Å². The van der Waals surface area contributed by atoms with E-state index in [0.29, 0.717) is 0 Å². The molecule has 5 nitrogen and oxygen atoms in total. The highest BCUT2D eigenvalue weighted by Crippen LogP contribution is 2.28. The number of benzene rings is 1. The highest BCUT2D eigenvalue weighted by atomic mass is 16.2. The average Bonchev–Trinajstić information content (AvgIpc) is 3.20. The molecular weight excluding hydrogens is 348 g/mol. The lowest BCUT2D eigenvalue weighted by molar-refractivity contribution is 0.0827. The first-order chi connectivity index (χ1) is 13.6. The Balaban J connectivity index is 1.73. The van der Waals surface area contributed by atoms with E-state index in [-0.39, 0.29) is 5.91 Å². The number of unbranched alkanes of at least 4 members (excludes halogenated alkanes) is 1. The van der Waals surface area contributed by atoms with Gasteiger partial charge in [0.2, 0.25) is 0 Å². The molecule has 1 aromatic rings. The Labute approximate surface area is 171 Å². The van der Waals surface area contributed by atoms with Gasteiger partial charge in [-0.1, -0.05) is 50.7 Å². The van der Waals surface area contributed by atoms with Gasteiger partial charge in [0, 0.05) is 39.3 Å². The normalized spacial score (nSPS) is 14.9. The minimum Gasteiger partial charge on any atom is -0.357 e. The molecule has 0 unspecified atom stereocenters. The average molecular weight is 387 g/mol. The Hall–Kier alpha value is -2.04. The summed E-state index contributed by atoms with van der Waals surface area (Å²) < 4.78 is 0. The molecule has 2 rings (SSSR count). The van der Waals surface area contributed by atoms with Gasteiger partial charge >= 0.3 is 0 Å². The maximum atomic E-state index is 12.1. The van der Waals surface area contributed by atoms with Crippen LogP contribution in [-0.4, -0.2) is 50.5 Å². The van der Waals surface area contributed by atoms with Crippen LogP contribution in [0.2, 0.25) is 0 Å². The molecule has 0 aromatic heterocycles. The Morgan fingerprint density at radius 2 is 1.96 bits per heavy atom. The molecule has 0 atom stereocenters. The van der Waals surface area contributed by atoms with Gasteiger partial charge in [-0.2, -0.15) is 0 Å². The Kier molecular flexibility index (Phi) is 9.87. The van der Waals surface area contributed by atoms with Crippen molar-refractivity contribution in [1.29, 1.82) is 0 Å². The Morgan fingerprint density at radius 3 is 2.68 bits per heavy atom. The number of guanidine groups is 1. The number of hydrogen-bond donors (Lipinski definition) is 2. The third kappa shape index (κ3) is 7.91. The molecule has 1 amide bonds. The SMILES string of the molecule is CCNC(=NCCCCC1CCCC1)NCCc1cccc(C(=O)N(C)C)c1. The van der Waals surface area contributed by atoms with Gasteiger partial charge in [-0.3, -0.25) is 9.79 Å². The molecular formula is C23H38N4O. The highest BCUT2D eigenvalue weighted by molar-refractivity contribution is 5.94. The van der Waals surface area contributed by atoms with Gasteiger partial charge in [-0.05, 0) is 43.4 Å². The molecule has 156 valence electrons. The van der Waals surface area contributed by atoms with Crippen molar-refractivity contribution in [2.24, 2.45) is 10.9 Å². The summed E-state index contributed by atoms with van der Waals surface area (Å²) in [6.07, 6.45) is 10.4. The summed E-state index contributed by atoms with van der Waals surface area (Å²) in [7, 11) is 3.56. The number of rotatable bonds is 10. The van der Waals surface area contributed by atoms with Crippen LogP contribution in [-0.2, 0) is 6.42 Å². The topological polar surface area (TPSA) is 56.7 Å². The van der Waals surface area contributed by atoms with Crippen molar-refractivity contribution in [3.05, 3.63) is 35.4 Å². The van der Waals surface area contributed by atoms with E-state index < -0.39 is 0 Å². The summed E-state index contributed by atoms with van der Waals surface area (Å²) >= 11 is 0. The monoisotopic (exact) mass is 386 g/mol. The van der Waals surface area contributed by atoms with Crippen LogP contribution >= 0.6 is 0 Å². The van der Waals surface area contributed by atoms with Crippen molar-refractivity contribution in [3.8, 4) is 0 Å². The summed E-state index contributed by atoms with van der Waals surface area (Å²) in [6, 6.07) is 7.88. The molecule has 0 spiro atoms. The summed E-state index contributed by atoms with van der Waals surface area (Å²) in [5, 5.41) is 6.74. The van der Waals surface area contributed by atoms with Gasteiger partial charge < -0.3 is 15.5 Å². The molecule has 1 aliphatic rings. The first-order valence-electron chi connectivity index (χ1n) is 10.9. The van der Waals surface area contributed by atoms with Crippen molar-refractivity contribution in [1.82, 2.24) is 15.5 Å². The molecule has 1 fully saturated rings. The zero-order valence-electron chi connectivity index (χ0n) is 18.0. The van der Waals surface area contributed by atoms with Gasteiger partial charge in [0.25, 0.3) is 5.91 Å². The molecule has 1 aromatic carbocycles. The third-order valence-corrected chi connectivity index (χ3v) is 5.40. The van der Waals surface area contributed by atoms with E-state index in [4.69, 9.17) is 4.99 Å². The van der Waals surface area contributed by atoms with Gasteiger partial charge in [0.1, 0.15) is 0 Å². The molecule has 0 heterocycles. The molecule has 28 heavy (non-hydrogen) atoms. The van der Waals surface area contributed by atoms with E-state index in [1.807, 2.05) is 18.2 Å². The number of nitrogens with zero attached hydrogens (tertiary/aromatic N) is 2. The smallest absolute Gasteiger partial charge is 0.253 e. The van der Waals surface area contributed by atoms with Gasteiger partial charge in [-0.25, -0.2) is 0 Å². The summed E-state index contributed by atoms with van der Waals surface area (Å²) in [6.45, 7) is 4.64. The second kappa shape index (κ2) is 12.4. The van der Waals surface area contributed by atoms with Crippen molar-refractivity contribution in [3.63, 3.8) is 0 Å². The maximum absolute atomic E-state index is 12.1. The van der Waals surface area contributed by atoms with Gasteiger partial charge in [-0.15, -0.1) is 0 Å². The van der Waals surface area contributed by atoms with Gasteiger partial charge in [0.15, 0.2) is 5.96 Å². The zero-order valence-corrected chi connectivity index (χ0v) is 18.0. The lowest BCUT2D eigenvalue weighted by Gasteiger charge is -2.13. The molecule has 0 aliphatic heterocycles. The fraction of sp³-hybridized carbons (Fsp3) is 0.652. The van der Waals surface area contributed by atoms with Gasteiger partial charge in [0.05, 0.1) is 0 Å². The van der Waals surface area contributed by atoms with E-state index in [1.54, 1.807) is 19.0 Å². The minimum absolute atomic E-state index is 0.0438. The quantitative estimate of drug-likeness (QED) is 0.365. The van der Waals surface area contributed by atoms with Crippen LogP contribution in [0.15, 0.2) is 29.3 Å². The van der Waals surface area contributed by atoms with Crippen molar-refractivity contribution in [2.45, 2.75) is 58.3 Å². The standard InChI is InChI=1S/C23H38N4O/c1-4-24-23(25-16-8-7-12-19-10-5-6-11-19)26-17-15-20-13-9-14-21(18-20)22(28)27(2)3/h9,13-14,18-19H,4-8,10-12,15-17H2,1-3H3,(H2,24,25,26). The molecule has 0 radical (unpaired) electrons. The van der Waals surface area contributed by atoms with Crippen molar-refractivity contribution < 1.29 is 4.79 Å². The first-order valence-corrected chi connectivity index (χ1v) is 10.9. The number of amides is 1. The van der Waals surface area contributed by atoms with E-state index in [9.17, 15) is 4.79 Å². The predicted octanol–water partition coefficient (Wildman–Crippen LogP) is 3.85. The van der Waals surface area contributed by atoms with Crippen LogP contribution in [0.3, 0.4) is 0 Å². The van der Waals surface area contributed by atoms with Crippen LogP contribution in [0.4, 0.5) is 0 Å². The first kappa shape index (κ1) is 22.3. The maximum Gasteiger partial charge on any atom is 0.253 e. The molecule has 2 N–H and O–H groups in total. The van der Waals surface area contributed by atoms with E-state index >= 15 is 0 Å². The fourth-order valence-electron chi connectivity index (χ4n) is 3.82. The number of carbonyl (C=O) groups is 1. The lowest BCUT2D eigenvalue weighted by Crippen LogP contribution is -2.38. The summed E-state index contributed by atoms with van der Waals surface area (Å²) in [5.74, 6) is 1.91. The van der Waals surface area contributed by atoms with Crippen molar-refractivity contribution >= 4 is 11.9 Å². The second-order valence-electron chi connectivity index (χ2n) is 7.98. The Morgan fingerprint density at radius 1 is 1.18 bits per heavy atom. The van der Waals surface area contributed by atoms with Crippen LogP contribution in [0.5, 0.6) is 0 Å². The van der Waals surface area contributed by atoms with E-state index in [2.05, 4.69) is 23.6 Å². The zero-order chi connectivity index (χ0) is 20.2. The highest BCUT2D eigenvalue weighted by Gasteiger charge is 2.13. The molecule has 1 aliphatic carbocycles. The molecule has 1 saturated carbocycles. The van der Waals surface area contributed by atoms with Crippen LogP contribution in [0, 0.1) is 5.92 Å². The number of aliphatic imine (C=N–C) groups is 1. The van der Waals surface area contributed by atoms with E-state index in [0.717, 1.165) is 49.1 Å². The third-order valence-electron chi connectivity index (χ3n) is 5.40. The molecule has 0 saturated heterocycles. The number of nitrogens with one attached hydrogen (secondary N) is 2. The molecule has 0 bridgehead atoms. The van der Waals surface area contributed by atoms with Crippen LogP contribution in [0.25, 0.3) is 0 Å². The van der Waals surface area contributed by atoms with E-state index in [1.165, 1.54) is 44.9 Å².